The number of hydrogen-bond acceptors (Lipinski definition) is 35. The zero-order valence-corrected chi connectivity index (χ0v) is 43.3. The molecular formula is C42H82O41. The molecule has 0 aromatic rings. The maximum atomic E-state index is 11.3. The molecule has 21 heterocycles. The summed E-state index contributed by atoms with van der Waals surface area (Å²) in [6, 6.07) is 0. The first-order valence-electron chi connectivity index (χ1n) is 24.6. The van der Waals surface area contributed by atoms with Gasteiger partial charge in [0, 0.05) is 0 Å². The van der Waals surface area contributed by atoms with Crippen LogP contribution < -0.4 is 0 Å². The Balaban J connectivity index is 0.00000392. The van der Waals surface area contributed by atoms with E-state index in [0.29, 0.717) is 0 Å². The molecular weight excluding hydrogens is 1160 g/mol. The van der Waals surface area contributed by atoms with E-state index in [1.165, 1.54) is 0 Å². The number of aliphatic hydroxyl groups is 21. The third kappa shape index (κ3) is 15.2. The minimum Gasteiger partial charge on any atom is -0.412 e. The van der Waals surface area contributed by atoms with Gasteiger partial charge < -0.3 is 206 Å². The molecule has 14 bridgehead atoms. The highest BCUT2D eigenvalue weighted by atomic mass is 16.8. The molecule has 21 saturated heterocycles. The molecule has 0 saturated carbocycles. The van der Waals surface area contributed by atoms with E-state index in [-0.39, 0.29) is 32.9 Å². The van der Waals surface area contributed by atoms with E-state index in [2.05, 4.69) is 0 Å². The Labute approximate surface area is 467 Å². The average molecular weight is 1240 g/mol. The molecule has 0 aromatic heterocycles. The number of aliphatic hydroxyl groups excluding tert-OH is 21. The van der Waals surface area contributed by atoms with Gasteiger partial charge in [-0.25, -0.2) is 0 Å². The molecule has 41 heteroatoms. The van der Waals surface area contributed by atoms with E-state index >= 15 is 0 Å². The summed E-state index contributed by atoms with van der Waals surface area (Å²) in [6.07, 6.45) is -70.2. The van der Waals surface area contributed by atoms with E-state index < -0.39 is 261 Å². The first-order chi connectivity index (χ1) is 36.7. The molecule has 33 N–H and O–H groups in total. The second kappa shape index (κ2) is 32.7. The molecule has 0 amide bonds. The summed E-state index contributed by atoms with van der Waals surface area (Å²) in [5.74, 6) is 0. The van der Waals surface area contributed by atoms with Crippen LogP contribution in [0, 0.1) is 0 Å². The van der Waals surface area contributed by atoms with Gasteiger partial charge in [0.05, 0.1) is 46.2 Å². The SMILES string of the molecule is O.O.O.O.O.O.OC[C@H]1O[C@@H]2O[C@H]3[C@H](O)[C@@H](O)[C@@H](O[C@H]4[C@H](O)[C@@H](O)[C@@H](O[C@H]5[C@H](O)[C@@H](O)[C@@H](O[C@H]6[C@H](O)[C@@H](O)[C@@H](O[C@H]7[C@H](O)[C@@H](O)[C@@H](O[C@H]8[C@H](O)[C@@H](O)[C@@H](O[C@H]1[C@H](O)[C@H]2O)O[C@@H]8CO)O[C@@H]7CO)O[C@@H]6CO)O[C@@H]5CO)O[C@@H]4CO)O[C@@H]3CO. The van der Waals surface area contributed by atoms with Crippen molar-refractivity contribution in [3.8, 4) is 0 Å². The minimum atomic E-state index is -2.21. The van der Waals surface area contributed by atoms with Crippen molar-refractivity contribution >= 4 is 0 Å². The molecule has 0 spiro atoms. The van der Waals surface area contributed by atoms with Crippen LogP contribution in [-0.2, 0) is 66.3 Å². The molecule has 0 radical (unpaired) electrons. The van der Waals surface area contributed by atoms with Crippen LogP contribution in [0.15, 0.2) is 0 Å². The molecule has 21 rings (SSSR count). The molecule has 496 valence electrons. The van der Waals surface area contributed by atoms with Crippen molar-refractivity contribution in [2.45, 2.75) is 215 Å². The van der Waals surface area contributed by atoms with Gasteiger partial charge in [-0.3, -0.25) is 0 Å². The van der Waals surface area contributed by atoms with Crippen molar-refractivity contribution in [3.63, 3.8) is 0 Å². The first-order valence-corrected chi connectivity index (χ1v) is 24.6. The van der Waals surface area contributed by atoms with E-state index in [4.69, 9.17) is 66.3 Å². The molecule has 0 aromatic carbocycles. The van der Waals surface area contributed by atoms with Crippen molar-refractivity contribution < 1.29 is 206 Å². The van der Waals surface area contributed by atoms with Gasteiger partial charge in [-0.2, -0.15) is 0 Å². The molecule has 41 nitrogen and oxygen atoms in total. The van der Waals surface area contributed by atoms with Gasteiger partial charge >= 0.3 is 0 Å². The largest absolute Gasteiger partial charge is 0.412 e. The standard InChI is InChI=1S/C42H70O35.6H2O/c43-1-8-29-15(50)22(57)36(64-8)72-30-9(2-44)66-38(24(59)17(30)52)74-32-11(4-46)68-40(26(61)19(32)54)76-34-13(6-48)70-42(28(63)21(34)56)77-35-14(7-49)69-41(27(62)20(35)55)75-33-12(5-47)67-39(25(60)18(33)53)73-31-10(3-45)65-37(71-29)23(58)16(31)51;;;;;;/h8-63H,1-7H2;6*1H2/t8-,9-,10-,11-,12-,13-,14-,15-,16-,17-,18-,19-,20-,21-,22-,23-,24-,25-,26-,27-,28-,29-,30-,31-,32-,33-,34-,35-,36-,37-,38-,39-,40-,41-,42-;;;;;;/m1....../s1. The summed E-state index contributed by atoms with van der Waals surface area (Å²) < 4.78 is 79.5. The highest BCUT2D eigenvalue weighted by Gasteiger charge is 2.59. The van der Waals surface area contributed by atoms with Gasteiger partial charge in [0.2, 0.25) is 0 Å². The summed E-state index contributed by atoms with van der Waals surface area (Å²) in [4.78, 5) is 0. The van der Waals surface area contributed by atoms with Gasteiger partial charge in [0.1, 0.15) is 171 Å². The van der Waals surface area contributed by atoms with E-state index in [0.717, 1.165) is 0 Å². The van der Waals surface area contributed by atoms with E-state index in [1.807, 2.05) is 0 Å². The second-order valence-corrected chi connectivity index (χ2v) is 19.7. The Morgan fingerprint density at radius 3 is 0.337 bits per heavy atom. The van der Waals surface area contributed by atoms with Gasteiger partial charge in [-0.15, -0.1) is 0 Å². The van der Waals surface area contributed by atoms with Gasteiger partial charge in [0.15, 0.2) is 44.0 Å². The summed E-state index contributed by atoms with van der Waals surface area (Å²) in [7, 11) is 0. The van der Waals surface area contributed by atoms with Crippen molar-refractivity contribution in [1.82, 2.24) is 0 Å². The lowest BCUT2D eigenvalue weighted by molar-refractivity contribution is -0.396. The van der Waals surface area contributed by atoms with Crippen LogP contribution in [0.4, 0.5) is 0 Å². The maximum Gasteiger partial charge on any atom is 0.187 e. The van der Waals surface area contributed by atoms with Crippen LogP contribution in [0.25, 0.3) is 0 Å². The molecule has 21 aliphatic rings. The van der Waals surface area contributed by atoms with Crippen molar-refractivity contribution in [1.29, 1.82) is 0 Å². The normalized spacial score (nSPS) is 51.4. The minimum absolute atomic E-state index is 0. The average Bonchev–Trinajstić information content (AvgIpc) is 3.43. The Bertz CT molecular complexity index is 1470. The fraction of sp³-hybridized carbons (Fsp3) is 1.00. The summed E-state index contributed by atoms with van der Waals surface area (Å²) >= 11 is 0. The monoisotopic (exact) mass is 1240 g/mol. The Kier molecular flexibility index (Phi) is 30.5. The number of hydrogen-bond donors (Lipinski definition) is 21. The Morgan fingerprint density at radius 2 is 0.253 bits per heavy atom. The predicted molar refractivity (Wildman–Crippen MR) is 250 cm³/mol. The maximum absolute atomic E-state index is 11.3. The van der Waals surface area contributed by atoms with Gasteiger partial charge in [-0.05, 0) is 0 Å². The fourth-order valence-corrected chi connectivity index (χ4v) is 10.4. The lowest BCUT2D eigenvalue weighted by Gasteiger charge is -2.50. The summed E-state index contributed by atoms with van der Waals surface area (Å²) in [5, 5.41) is 230. The van der Waals surface area contributed by atoms with Crippen LogP contribution in [0.5, 0.6) is 0 Å². The number of ether oxygens (including phenoxy) is 14. The van der Waals surface area contributed by atoms with Crippen LogP contribution in [0.1, 0.15) is 0 Å². The molecule has 0 unspecified atom stereocenters. The third-order valence-electron chi connectivity index (χ3n) is 14.8. The Hall–Kier alpha value is -1.64. The molecule has 21 aliphatic heterocycles. The molecule has 0 aliphatic carbocycles. The van der Waals surface area contributed by atoms with Crippen LogP contribution in [0.3, 0.4) is 0 Å². The fourth-order valence-electron chi connectivity index (χ4n) is 10.4. The molecule has 21 fully saturated rings. The van der Waals surface area contributed by atoms with Crippen molar-refractivity contribution in [2.24, 2.45) is 0 Å². The van der Waals surface area contributed by atoms with E-state index in [1.54, 1.807) is 0 Å². The zero-order chi connectivity index (χ0) is 56.1. The highest BCUT2D eigenvalue weighted by Crippen LogP contribution is 2.39. The molecule has 35 atom stereocenters. The van der Waals surface area contributed by atoms with Crippen LogP contribution >= 0.6 is 0 Å². The van der Waals surface area contributed by atoms with Crippen molar-refractivity contribution in [3.05, 3.63) is 0 Å². The highest BCUT2D eigenvalue weighted by molar-refractivity contribution is 5.01. The summed E-state index contributed by atoms with van der Waals surface area (Å²) in [6.45, 7) is -7.33. The second-order valence-electron chi connectivity index (χ2n) is 19.7. The quantitative estimate of drug-likeness (QED) is 0.113. The summed E-state index contributed by atoms with van der Waals surface area (Å²) in [5.41, 5.74) is 0. The van der Waals surface area contributed by atoms with Crippen molar-refractivity contribution in [2.75, 3.05) is 46.2 Å². The zero-order valence-electron chi connectivity index (χ0n) is 43.3. The van der Waals surface area contributed by atoms with Crippen LogP contribution in [0.2, 0.25) is 0 Å². The van der Waals surface area contributed by atoms with Gasteiger partial charge in [0.25, 0.3) is 0 Å². The first kappa shape index (κ1) is 77.5. The van der Waals surface area contributed by atoms with Crippen LogP contribution in [-0.4, -0.2) is 401 Å². The molecule has 83 heavy (non-hydrogen) atoms. The predicted octanol–water partition coefficient (Wildman–Crippen LogP) is -20.2. The Morgan fingerprint density at radius 1 is 0.157 bits per heavy atom. The topological polar surface area (TPSA) is 743 Å². The van der Waals surface area contributed by atoms with E-state index in [9.17, 15) is 107 Å². The lowest BCUT2D eigenvalue weighted by Crippen LogP contribution is -2.68. The van der Waals surface area contributed by atoms with Gasteiger partial charge in [-0.1, -0.05) is 0 Å². The number of rotatable bonds is 7. The third-order valence-corrected chi connectivity index (χ3v) is 14.8. The lowest BCUT2D eigenvalue weighted by atomic mass is 9.95. The smallest absolute Gasteiger partial charge is 0.187 e.